The summed E-state index contributed by atoms with van der Waals surface area (Å²) in [4.78, 5) is 4.42. The summed E-state index contributed by atoms with van der Waals surface area (Å²) in [5.74, 6) is 0.719. The molecule has 108 valence electrons. The fourth-order valence-corrected chi connectivity index (χ4v) is 2.87. The van der Waals surface area contributed by atoms with Crippen LogP contribution in [0, 0.1) is 6.92 Å². The smallest absolute Gasteiger partial charge is 0.295 e. The van der Waals surface area contributed by atoms with E-state index in [1.54, 1.807) is 0 Å². The molecule has 0 saturated heterocycles. The van der Waals surface area contributed by atoms with Crippen molar-refractivity contribution in [2.75, 3.05) is 0 Å². The zero-order valence-electron chi connectivity index (χ0n) is 10.9. The van der Waals surface area contributed by atoms with Crippen molar-refractivity contribution >= 4 is 27.0 Å². The van der Waals surface area contributed by atoms with Crippen molar-refractivity contribution in [3.8, 4) is 5.69 Å². The number of para-hydroxylation sites is 2. The summed E-state index contributed by atoms with van der Waals surface area (Å²) in [7, 11) is 0. The Bertz CT molecular complexity index is 821. The van der Waals surface area contributed by atoms with Gasteiger partial charge in [0.05, 0.1) is 22.3 Å². The third-order valence-electron chi connectivity index (χ3n) is 3.24. The molecule has 2 aromatic carbocycles. The van der Waals surface area contributed by atoms with Gasteiger partial charge in [-0.15, -0.1) is 0 Å². The third kappa shape index (κ3) is 2.44. The van der Waals surface area contributed by atoms with Crippen LogP contribution >= 0.6 is 15.9 Å². The number of hydrogen-bond donors (Lipinski definition) is 0. The molecule has 1 aromatic heterocycles. The molecule has 0 aliphatic heterocycles. The standard InChI is InChI=1S/C15H10BrF3N2/c1-9-20-12-4-2-3-5-14(12)21(9)13-7-6-10(8-11(13)16)15(17,18)19/h2-8H,1H3. The lowest BCUT2D eigenvalue weighted by atomic mass is 10.2. The number of alkyl halides is 3. The fraction of sp³-hybridized carbons (Fsp3) is 0.133. The van der Waals surface area contributed by atoms with Crippen LogP contribution in [0.3, 0.4) is 0 Å². The predicted molar refractivity (Wildman–Crippen MR) is 78.5 cm³/mol. The van der Waals surface area contributed by atoms with Gasteiger partial charge in [-0.25, -0.2) is 4.98 Å². The quantitative estimate of drug-likeness (QED) is 0.593. The van der Waals surface area contributed by atoms with Gasteiger partial charge < -0.3 is 0 Å². The Hall–Kier alpha value is -1.82. The Kier molecular flexibility index (Phi) is 3.28. The fourth-order valence-electron chi connectivity index (χ4n) is 2.32. The summed E-state index contributed by atoms with van der Waals surface area (Å²) < 4.78 is 40.4. The lowest BCUT2D eigenvalue weighted by molar-refractivity contribution is -0.137. The van der Waals surface area contributed by atoms with Crippen LogP contribution in [0.1, 0.15) is 11.4 Å². The molecule has 0 amide bonds. The monoisotopic (exact) mass is 354 g/mol. The number of aryl methyl sites for hydroxylation is 1. The van der Waals surface area contributed by atoms with Crippen LogP contribution in [0.4, 0.5) is 13.2 Å². The summed E-state index contributed by atoms with van der Waals surface area (Å²) >= 11 is 3.23. The summed E-state index contributed by atoms with van der Waals surface area (Å²) in [6.45, 7) is 1.82. The SMILES string of the molecule is Cc1nc2ccccc2n1-c1ccc(C(F)(F)F)cc1Br. The van der Waals surface area contributed by atoms with Gasteiger partial charge in [-0.1, -0.05) is 12.1 Å². The van der Waals surface area contributed by atoms with Crippen LogP contribution in [0.25, 0.3) is 16.7 Å². The van der Waals surface area contributed by atoms with E-state index in [1.807, 2.05) is 35.8 Å². The molecule has 0 saturated carbocycles. The number of hydrogen-bond acceptors (Lipinski definition) is 1. The molecule has 1 heterocycles. The molecule has 3 rings (SSSR count). The number of benzene rings is 2. The second kappa shape index (κ2) is 4.87. The molecule has 0 bridgehead atoms. The van der Waals surface area contributed by atoms with Crippen molar-refractivity contribution in [1.82, 2.24) is 9.55 Å². The molecule has 3 aromatic rings. The van der Waals surface area contributed by atoms with E-state index in [2.05, 4.69) is 20.9 Å². The molecule has 0 N–H and O–H groups in total. The Morgan fingerprint density at radius 2 is 1.81 bits per heavy atom. The second-order valence-corrected chi connectivity index (χ2v) is 5.50. The van der Waals surface area contributed by atoms with Gasteiger partial charge in [0, 0.05) is 4.47 Å². The topological polar surface area (TPSA) is 17.8 Å². The zero-order chi connectivity index (χ0) is 15.2. The van der Waals surface area contributed by atoms with Gasteiger partial charge in [-0.05, 0) is 53.2 Å². The maximum absolute atomic E-state index is 12.7. The summed E-state index contributed by atoms with van der Waals surface area (Å²) in [6.07, 6.45) is -4.35. The van der Waals surface area contributed by atoms with E-state index in [1.165, 1.54) is 6.07 Å². The molecule has 0 aliphatic rings. The summed E-state index contributed by atoms with van der Waals surface area (Å²) in [6, 6.07) is 11.1. The van der Waals surface area contributed by atoms with E-state index < -0.39 is 11.7 Å². The highest BCUT2D eigenvalue weighted by Crippen LogP contribution is 2.34. The first-order chi connectivity index (χ1) is 9.88. The molecule has 0 aliphatic carbocycles. The largest absolute Gasteiger partial charge is 0.416 e. The average Bonchev–Trinajstić information content (AvgIpc) is 2.74. The number of halogens is 4. The number of aromatic nitrogens is 2. The van der Waals surface area contributed by atoms with Gasteiger partial charge in [-0.2, -0.15) is 13.2 Å². The first-order valence-electron chi connectivity index (χ1n) is 6.19. The number of nitrogens with zero attached hydrogens (tertiary/aromatic N) is 2. The van der Waals surface area contributed by atoms with E-state index >= 15 is 0 Å². The Morgan fingerprint density at radius 3 is 2.48 bits per heavy atom. The summed E-state index contributed by atoms with van der Waals surface area (Å²) in [5, 5.41) is 0. The van der Waals surface area contributed by atoms with Gasteiger partial charge in [0.1, 0.15) is 5.82 Å². The van der Waals surface area contributed by atoms with Gasteiger partial charge in [-0.3, -0.25) is 4.57 Å². The zero-order valence-corrected chi connectivity index (χ0v) is 12.5. The predicted octanol–water partition coefficient (Wildman–Crippen LogP) is 5.12. The molecule has 0 fully saturated rings. The number of fused-ring (bicyclic) bond motifs is 1. The third-order valence-corrected chi connectivity index (χ3v) is 3.88. The van der Waals surface area contributed by atoms with E-state index in [9.17, 15) is 13.2 Å². The second-order valence-electron chi connectivity index (χ2n) is 4.65. The Labute approximate surface area is 127 Å². The van der Waals surface area contributed by atoms with Crippen LogP contribution in [0.5, 0.6) is 0 Å². The average molecular weight is 355 g/mol. The van der Waals surface area contributed by atoms with Crippen molar-refractivity contribution in [2.45, 2.75) is 13.1 Å². The lowest BCUT2D eigenvalue weighted by Crippen LogP contribution is -2.06. The van der Waals surface area contributed by atoms with E-state index in [0.717, 1.165) is 29.0 Å². The Balaban J connectivity index is 2.22. The normalized spacial score (nSPS) is 12.0. The van der Waals surface area contributed by atoms with Crippen LogP contribution in [0.15, 0.2) is 46.9 Å². The molecule has 21 heavy (non-hydrogen) atoms. The van der Waals surface area contributed by atoms with E-state index in [-0.39, 0.29) is 0 Å². The van der Waals surface area contributed by atoms with Crippen molar-refractivity contribution in [1.29, 1.82) is 0 Å². The first-order valence-corrected chi connectivity index (χ1v) is 6.98. The van der Waals surface area contributed by atoms with Crippen LogP contribution in [-0.4, -0.2) is 9.55 Å². The summed E-state index contributed by atoms with van der Waals surface area (Å²) in [5.41, 5.74) is 1.62. The van der Waals surface area contributed by atoms with Crippen molar-refractivity contribution in [3.63, 3.8) is 0 Å². The van der Waals surface area contributed by atoms with Crippen LogP contribution in [0.2, 0.25) is 0 Å². The minimum Gasteiger partial charge on any atom is -0.295 e. The Morgan fingerprint density at radius 1 is 1.10 bits per heavy atom. The van der Waals surface area contributed by atoms with Crippen LogP contribution < -0.4 is 0 Å². The number of imidazole rings is 1. The van der Waals surface area contributed by atoms with E-state index in [4.69, 9.17) is 0 Å². The van der Waals surface area contributed by atoms with Crippen molar-refractivity contribution in [2.24, 2.45) is 0 Å². The van der Waals surface area contributed by atoms with E-state index in [0.29, 0.717) is 10.2 Å². The minimum absolute atomic E-state index is 0.378. The molecule has 0 spiro atoms. The van der Waals surface area contributed by atoms with Gasteiger partial charge in [0.15, 0.2) is 0 Å². The molecular weight excluding hydrogens is 345 g/mol. The maximum Gasteiger partial charge on any atom is 0.416 e. The maximum atomic E-state index is 12.7. The van der Waals surface area contributed by atoms with Gasteiger partial charge >= 0.3 is 6.18 Å². The molecule has 6 heteroatoms. The first kappa shape index (κ1) is 14.1. The molecule has 0 unspecified atom stereocenters. The lowest BCUT2D eigenvalue weighted by Gasteiger charge is -2.12. The van der Waals surface area contributed by atoms with Crippen molar-refractivity contribution < 1.29 is 13.2 Å². The molecule has 0 atom stereocenters. The minimum atomic E-state index is -4.35. The van der Waals surface area contributed by atoms with Crippen LogP contribution in [-0.2, 0) is 6.18 Å². The van der Waals surface area contributed by atoms with Gasteiger partial charge in [0.25, 0.3) is 0 Å². The highest BCUT2D eigenvalue weighted by Gasteiger charge is 2.31. The molecular formula is C15H10BrF3N2. The van der Waals surface area contributed by atoms with Gasteiger partial charge in [0.2, 0.25) is 0 Å². The number of rotatable bonds is 1. The molecule has 2 nitrogen and oxygen atoms in total. The van der Waals surface area contributed by atoms with Crippen molar-refractivity contribution in [3.05, 3.63) is 58.3 Å². The molecule has 0 radical (unpaired) electrons. The highest BCUT2D eigenvalue weighted by molar-refractivity contribution is 9.10. The highest BCUT2D eigenvalue weighted by atomic mass is 79.9.